The molecule has 1 aromatic heterocycles. The fraction of sp³-hybridized carbons (Fsp3) is 0.167. The van der Waals surface area contributed by atoms with Crippen LogP contribution in [-0.2, 0) is 10.0 Å². The molecule has 5 nitrogen and oxygen atoms in total. The van der Waals surface area contributed by atoms with Crippen molar-refractivity contribution in [1.82, 2.24) is 9.71 Å². The second-order valence-corrected chi connectivity index (χ2v) is 8.28. The van der Waals surface area contributed by atoms with Gasteiger partial charge in [0.1, 0.15) is 5.69 Å². The summed E-state index contributed by atoms with van der Waals surface area (Å²) in [5.41, 5.74) is 2.71. The number of hydrogen-bond donors (Lipinski definition) is 1. The molecule has 0 aliphatic heterocycles. The van der Waals surface area contributed by atoms with Crippen LogP contribution >= 0.6 is 11.8 Å². The number of nitrogens with one attached hydrogen (secondary N) is 1. The zero-order valence-corrected chi connectivity index (χ0v) is 15.3. The van der Waals surface area contributed by atoms with Gasteiger partial charge in [-0.1, -0.05) is 72.4 Å². The third-order valence-electron chi connectivity index (χ3n) is 3.38. The van der Waals surface area contributed by atoms with Crippen molar-refractivity contribution in [3.63, 3.8) is 0 Å². The normalized spacial score (nSPS) is 11.6. The summed E-state index contributed by atoms with van der Waals surface area (Å²) >= 11 is 1.38. The van der Waals surface area contributed by atoms with E-state index in [1.54, 1.807) is 0 Å². The predicted molar refractivity (Wildman–Crippen MR) is 101 cm³/mol. The molecular formula is C18H18N2O3S2. The van der Waals surface area contributed by atoms with Crippen LogP contribution in [0.15, 0.2) is 70.3 Å². The quantitative estimate of drug-likeness (QED) is 0.505. The molecule has 0 saturated heterocycles. The SMILES string of the molecule is CS(=O)(=O)NCCSc1nc(-c2ccccc2)c(-c2ccccc2)o1. The molecule has 1 N–H and O–H groups in total. The molecule has 3 aromatic rings. The van der Waals surface area contributed by atoms with E-state index in [0.717, 1.165) is 23.1 Å². The molecule has 0 atom stereocenters. The Bertz CT molecular complexity index is 866. The summed E-state index contributed by atoms with van der Waals surface area (Å²) in [7, 11) is -3.18. The van der Waals surface area contributed by atoms with E-state index in [4.69, 9.17) is 4.42 Å². The molecule has 130 valence electrons. The van der Waals surface area contributed by atoms with Crippen molar-refractivity contribution < 1.29 is 12.8 Å². The van der Waals surface area contributed by atoms with Gasteiger partial charge in [-0.15, -0.1) is 0 Å². The Morgan fingerprint density at radius 3 is 2.20 bits per heavy atom. The molecule has 0 spiro atoms. The highest BCUT2D eigenvalue weighted by atomic mass is 32.2. The zero-order valence-electron chi connectivity index (χ0n) is 13.7. The Morgan fingerprint density at radius 2 is 1.60 bits per heavy atom. The number of aromatic nitrogens is 1. The fourth-order valence-electron chi connectivity index (χ4n) is 2.30. The van der Waals surface area contributed by atoms with Crippen LogP contribution in [0, 0.1) is 0 Å². The van der Waals surface area contributed by atoms with Gasteiger partial charge < -0.3 is 4.42 Å². The Balaban J connectivity index is 1.85. The van der Waals surface area contributed by atoms with Crippen molar-refractivity contribution in [2.24, 2.45) is 0 Å². The first-order valence-electron chi connectivity index (χ1n) is 7.72. The minimum Gasteiger partial charge on any atom is -0.431 e. The van der Waals surface area contributed by atoms with Crippen LogP contribution in [0.5, 0.6) is 0 Å². The van der Waals surface area contributed by atoms with Crippen LogP contribution in [0.4, 0.5) is 0 Å². The van der Waals surface area contributed by atoms with Gasteiger partial charge in [0.05, 0.1) is 6.26 Å². The van der Waals surface area contributed by atoms with Gasteiger partial charge in [0.15, 0.2) is 5.76 Å². The standard InChI is InChI=1S/C18H18N2O3S2/c1-25(21,22)19-12-13-24-18-20-16(14-8-4-2-5-9-14)17(23-18)15-10-6-3-7-11-15/h2-11,19H,12-13H2,1H3. The average Bonchev–Trinajstić information content (AvgIpc) is 3.04. The summed E-state index contributed by atoms with van der Waals surface area (Å²) in [6, 6.07) is 19.7. The van der Waals surface area contributed by atoms with Crippen LogP contribution in [0.2, 0.25) is 0 Å². The first-order chi connectivity index (χ1) is 12.0. The highest BCUT2D eigenvalue weighted by molar-refractivity contribution is 7.99. The Labute approximate surface area is 151 Å². The van der Waals surface area contributed by atoms with Gasteiger partial charge in [-0.05, 0) is 0 Å². The van der Waals surface area contributed by atoms with Crippen LogP contribution in [-0.4, -0.2) is 32.0 Å². The number of sulfonamides is 1. The van der Waals surface area contributed by atoms with Crippen molar-refractivity contribution in [3.05, 3.63) is 60.7 Å². The molecule has 0 amide bonds. The maximum atomic E-state index is 11.1. The van der Waals surface area contributed by atoms with E-state index in [0.29, 0.717) is 23.3 Å². The van der Waals surface area contributed by atoms with Gasteiger partial charge in [0.25, 0.3) is 5.22 Å². The molecule has 0 aliphatic rings. The van der Waals surface area contributed by atoms with Crippen LogP contribution in [0.1, 0.15) is 0 Å². The summed E-state index contributed by atoms with van der Waals surface area (Å²) in [4.78, 5) is 4.61. The van der Waals surface area contributed by atoms with Gasteiger partial charge in [-0.25, -0.2) is 18.1 Å². The van der Waals surface area contributed by atoms with Crippen molar-refractivity contribution in [1.29, 1.82) is 0 Å². The lowest BCUT2D eigenvalue weighted by Crippen LogP contribution is -2.24. The molecule has 0 radical (unpaired) electrons. The number of benzene rings is 2. The van der Waals surface area contributed by atoms with Gasteiger partial charge in [0.2, 0.25) is 10.0 Å². The lowest BCUT2D eigenvalue weighted by molar-refractivity contribution is 0.466. The lowest BCUT2D eigenvalue weighted by atomic mass is 10.1. The molecule has 0 aliphatic carbocycles. The Kier molecular flexibility index (Phi) is 5.57. The number of thioether (sulfide) groups is 1. The van der Waals surface area contributed by atoms with E-state index in [2.05, 4.69) is 9.71 Å². The van der Waals surface area contributed by atoms with Crippen molar-refractivity contribution >= 4 is 21.8 Å². The van der Waals surface area contributed by atoms with Gasteiger partial charge in [-0.2, -0.15) is 0 Å². The highest BCUT2D eigenvalue weighted by Gasteiger charge is 2.17. The van der Waals surface area contributed by atoms with E-state index in [1.807, 2.05) is 60.7 Å². The van der Waals surface area contributed by atoms with Crippen molar-refractivity contribution in [2.75, 3.05) is 18.6 Å². The monoisotopic (exact) mass is 374 g/mol. The molecule has 0 fully saturated rings. The van der Waals surface area contributed by atoms with E-state index < -0.39 is 10.0 Å². The molecule has 1 heterocycles. The zero-order chi connectivity index (χ0) is 17.7. The summed E-state index contributed by atoms with van der Waals surface area (Å²) in [6.45, 7) is 0.327. The lowest BCUT2D eigenvalue weighted by Gasteiger charge is -2.00. The number of hydrogen-bond acceptors (Lipinski definition) is 5. The minimum atomic E-state index is -3.18. The average molecular weight is 374 g/mol. The Hall–Kier alpha value is -2.09. The smallest absolute Gasteiger partial charge is 0.256 e. The summed E-state index contributed by atoms with van der Waals surface area (Å²) in [5, 5.41) is 0.521. The third kappa shape index (κ3) is 4.94. The Morgan fingerprint density at radius 1 is 1.00 bits per heavy atom. The molecule has 0 saturated carbocycles. The third-order valence-corrected chi connectivity index (χ3v) is 4.94. The van der Waals surface area contributed by atoms with Crippen LogP contribution in [0.25, 0.3) is 22.6 Å². The van der Waals surface area contributed by atoms with Crippen molar-refractivity contribution in [2.45, 2.75) is 5.22 Å². The molecular weight excluding hydrogens is 356 g/mol. The van der Waals surface area contributed by atoms with E-state index in [9.17, 15) is 8.42 Å². The first kappa shape index (κ1) is 17.7. The topological polar surface area (TPSA) is 72.2 Å². The van der Waals surface area contributed by atoms with Crippen LogP contribution < -0.4 is 4.72 Å². The predicted octanol–water partition coefficient (Wildman–Crippen LogP) is 3.65. The van der Waals surface area contributed by atoms with E-state index in [1.165, 1.54) is 11.8 Å². The largest absolute Gasteiger partial charge is 0.431 e. The molecule has 0 unspecified atom stereocenters. The van der Waals surface area contributed by atoms with Gasteiger partial charge >= 0.3 is 0 Å². The fourth-order valence-corrected chi connectivity index (χ4v) is 3.58. The van der Waals surface area contributed by atoms with E-state index in [-0.39, 0.29) is 0 Å². The molecule has 2 aromatic carbocycles. The molecule has 7 heteroatoms. The molecule has 0 bridgehead atoms. The van der Waals surface area contributed by atoms with Gasteiger partial charge in [0, 0.05) is 23.4 Å². The van der Waals surface area contributed by atoms with Gasteiger partial charge in [-0.3, -0.25) is 0 Å². The number of rotatable bonds is 7. The highest BCUT2D eigenvalue weighted by Crippen LogP contribution is 2.35. The first-order valence-corrected chi connectivity index (χ1v) is 10.6. The van der Waals surface area contributed by atoms with E-state index >= 15 is 0 Å². The summed E-state index contributed by atoms with van der Waals surface area (Å²) in [6.07, 6.45) is 1.14. The van der Waals surface area contributed by atoms with Crippen LogP contribution in [0.3, 0.4) is 0 Å². The summed E-state index contributed by atoms with van der Waals surface area (Å²) < 4.78 is 30.6. The molecule has 25 heavy (non-hydrogen) atoms. The second kappa shape index (κ2) is 7.86. The number of nitrogens with zero attached hydrogens (tertiary/aromatic N) is 1. The number of oxazole rings is 1. The maximum absolute atomic E-state index is 11.1. The maximum Gasteiger partial charge on any atom is 0.256 e. The summed E-state index contributed by atoms with van der Waals surface area (Å²) in [5.74, 6) is 1.25. The van der Waals surface area contributed by atoms with Crippen molar-refractivity contribution in [3.8, 4) is 22.6 Å². The molecule has 3 rings (SSSR count). The minimum absolute atomic E-state index is 0.327. The second-order valence-electron chi connectivity index (χ2n) is 5.40.